The predicted molar refractivity (Wildman–Crippen MR) is 67.2 cm³/mol. The third kappa shape index (κ3) is 3.85. The zero-order valence-electron chi connectivity index (χ0n) is 9.29. The fourth-order valence-electron chi connectivity index (χ4n) is 1.90. The third-order valence-electron chi connectivity index (χ3n) is 2.85. The lowest BCUT2D eigenvalue weighted by atomic mass is 10.0. The van der Waals surface area contributed by atoms with Gasteiger partial charge in [-0.05, 0) is 53.4 Å². The Morgan fingerprint density at radius 3 is 2.94 bits per heavy atom. The number of hydrogen-bond donors (Lipinski definition) is 1. The molecule has 1 aliphatic rings. The average Bonchev–Trinajstić information content (AvgIpc) is 2.30. The Labute approximate surface area is 105 Å². The van der Waals surface area contributed by atoms with Gasteiger partial charge in [0.05, 0.1) is 5.69 Å². The predicted octanol–water partition coefficient (Wildman–Crippen LogP) is 2.36. The summed E-state index contributed by atoms with van der Waals surface area (Å²) in [6.45, 7) is 3.75. The standard InChI is InChI=1S/C12H17BrN2O/c13-12-3-1-2-11(15-12)9-14-8-10-4-6-16-7-5-10/h1-3,10,14H,4-9H2. The van der Waals surface area contributed by atoms with E-state index in [2.05, 4.69) is 26.2 Å². The van der Waals surface area contributed by atoms with Gasteiger partial charge < -0.3 is 10.1 Å². The summed E-state index contributed by atoms with van der Waals surface area (Å²) in [7, 11) is 0. The van der Waals surface area contributed by atoms with E-state index in [4.69, 9.17) is 4.74 Å². The highest BCUT2D eigenvalue weighted by atomic mass is 79.9. The van der Waals surface area contributed by atoms with Gasteiger partial charge in [-0.1, -0.05) is 6.07 Å². The molecule has 1 N–H and O–H groups in total. The van der Waals surface area contributed by atoms with Crippen LogP contribution in [0.4, 0.5) is 0 Å². The Bertz CT molecular complexity index is 327. The number of halogens is 1. The molecular formula is C12H17BrN2O. The molecule has 1 aliphatic heterocycles. The van der Waals surface area contributed by atoms with Crippen LogP contribution >= 0.6 is 15.9 Å². The molecule has 4 heteroatoms. The molecule has 88 valence electrons. The smallest absolute Gasteiger partial charge is 0.106 e. The fourth-order valence-corrected chi connectivity index (χ4v) is 2.28. The van der Waals surface area contributed by atoms with Gasteiger partial charge >= 0.3 is 0 Å². The van der Waals surface area contributed by atoms with Crippen molar-refractivity contribution in [3.05, 3.63) is 28.5 Å². The molecule has 2 rings (SSSR count). The molecule has 0 atom stereocenters. The molecule has 0 unspecified atom stereocenters. The molecule has 1 aromatic heterocycles. The molecule has 2 heterocycles. The van der Waals surface area contributed by atoms with Gasteiger partial charge in [-0.25, -0.2) is 4.98 Å². The van der Waals surface area contributed by atoms with Gasteiger partial charge in [0.1, 0.15) is 4.60 Å². The molecule has 1 fully saturated rings. The van der Waals surface area contributed by atoms with E-state index in [0.29, 0.717) is 0 Å². The van der Waals surface area contributed by atoms with Crippen molar-refractivity contribution in [2.24, 2.45) is 5.92 Å². The van der Waals surface area contributed by atoms with E-state index in [1.54, 1.807) is 0 Å². The summed E-state index contributed by atoms with van der Waals surface area (Å²) in [6.07, 6.45) is 2.36. The van der Waals surface area contributed by atoms with Crippen molar-refractivity contribution < 1.29 is 4.74 Å². The Morgan fingerprint density at radius 2 is 2.19 bits per heavy atom. The second kappa shape index (κ2) is 6.33. The van der Waals surface area contributed by atoms with Gasteiger partial charge in [0.25, 0.3) is 0 Å². The molecule has 0 saturated carbocycles. The van der Waals surface area contributed by atoms with Crippen LogP contribution < -0.4 is 5.32 Å². The van der Waals surface area contributed by atoms with E-state index in [1.165, 1.54) is 12.8 Å². The zero-order valence-corrected chi connectivity index (χ0v) is 10.9. The number of aromatic nitrogens is 1. The van der Waals surface area contributed by atoms with E-state index < -0.39 is 0 Å². The Balaban J connectivity index is 1.71. The van der Waals surface area contributed by atoms with E-state index in [-0.39, 0.29) is 0 Å². The normalized spacial score (nSPS) is 17.6. The first kappa shape index (κ1) is 12.0. The summed E-state index contributed by atoms with van der Waals surface area (Å²) >= 11 is 3.38. The first-order valence-corrected chi connectivity index (χ1v) is 6.54. The molecule has 16 heavy (non-hydrogen) atoms. The highest BCUT2D eigenvalue weighted by Crippen LogP contribution is 2.13. The van der Waals surface area contributed by atoms with E-state index >= 15 is 0 Å². The average molecular weight is 285 g/mol. The largest absolute Gasteiger partial charge is 0.381 e. The number of nitrogens with zero attached hydrogens (tertiary/aromatic N) is 1. The molecule has 0 radical (unpaired) electrons. The van der Waals surface area contributed by atoms with Crippen LogP contribution in [-0.2, 0) is 11.3 Å². The van der Waals surface area contributed by atoms with Crippen LogP contribution in [0.5, 0.6) is 0 Å². The summed E-state index contributed by atoms with van der Waals surface area (Å²) < 4.78 is 6.23. The molecule has 0 aromatic carbocycles. The Morgan fingerprint density at radius 1 is 1.38 bits per heavy atom. The summed E-state index contributed by atoms with van der Waals surface area (Å²) in [5.41, 5.74) is 1.08. The number of pyridine rings is 1. The first-order valence-electron chi connectivity index (χ1n) is 5.74. The van der Waals surface area contributed by atoms with Crippen molar-refractivity contribution in [1.29, 1.82) is 0 Å². The minimum Gasteiger partial charge on any atom is -0.381 e. The minimum absolute atomic E-state index is 0.765. The van der Waals surface area contributed by atoms with Crippen molar-refractivity contribution in [2.45, 2.75) is 19.4 Å². The maximum atomic E-state index is 5.33. The van der Waals surface area contributed by atoms with Crippen molar-refractivity contribution in [3.63, 3.8) is 0 Å². The number of ether oxygens (including phenoxy) is 1. The topological polar surface area (TPSA) is 34.1 Å². The van der Waals surface area contributed by atoms with Gasteiger partial charge in [-0.2, -0.15) is 0 Å². The van der Waals surface area contributed by atoms with Gasteiger partial charge in [-0.3, -0.25) is 0 Å². The van der Waals surface area contributed by atoms with Crippen LogP contribution in [0.2, 0.25) is 0 Å². The summed E-state index contributed by atoms with van der Waals surface area (Å²) in [4.78, 5) is 4.39. The van der Waals surface area contributed by atoms with E-state index in [9.17, 15) is 0 Å². The summed E-state index contributed by atoms with van der Waals surface area (Å²) in [6, 6.07) is 6.01. The van der Waals surface area contributed by atoms with Crippen LogP contribution in [-0.4, -0.2) is 24.7 Å². The molecule has 1 aromatic rings. The van der Waals surface area contributed by atoms with Gasteiger partial charge in [-0.15, -0.1) is 0 Å². The van der Waals surface area contributed by atoms with E-state index in [0.717, 1.165) is 42.5 Å². The molecule has 0 bridgehead atoms. The van der Waals surface area contributed by atoms with Crippen LogP contribution in [0.25, 0.3) is 0 Å². The van der Waals surface area contributed by atoms with Crippen molar-refractivity contribution in [2.75, 3.05) is 19.8 Å². The Hall–Kier alpha value is -0.450. The number of hydrogen-bond acceptors (Lipinski definition) is 3. The minimum atomic E-state index is 0.765. The lowest BCUT2D eigenvalue weighted by Crippen LogP contribution is -2.27. The van der Waals surface area contributed by atoms with Crippen molar-refractivity contribution in [1.82, 2.24) is 10.3 Å². The van der Waals surface area contributed by atoms with Crippen molar-refractivity contribution >= 4 is 15.9 Å². The second-order valence-electron chi connectivity index (χ2n) is 4.14. The second-order valence-corrected chi connectivity index (χ2v) is 4.95. The van der Waals surface area contributed by atoms with Gasteiger partial charge in [0.15, 0.2) is 0 Å². The summed E-state index contributed by atoms with van der Waals surface area (Å²) in [5, 5.41) is 3.46. The monoisotopic (exact) mass is 284 g/mol. The quantitative estimate of drug-likeness (QED) is 0.862. The van der Waals surface area contributed by atoms with Crippen LogP contribution in [0.3, 0.4) is 0 Å². The molecule has 3 nitrogen and oxygen atoms in total. The first-order chi connectivity index (χ1) is 7.84. The SMILES string of the molecule is Brc1cccc(CNCC2CCOCC2)n1. The lowest BCUT2D eigenvalue weighted by Gasteiger charge is -2.22. The maximum absolute atomic E-state index is 5.33. The molecule has 0 aliphatic carbocycles. The molecular weight excluding hydrogens is 268 g/mol. The van der Waals surface area contributed by atoms with Gasteiger partial charge in [0.2, 0.25) is 0 Å². The maximum Gasteiger partial charge on any atom is 0.106 e. The van der Waals surface area contributed by atoms with Crippen molar-refractivity contribution in [3.8, 4) is 0 Å². The third-order valence-corrected chi connectivity index (χ3v) is 3.29. The zero-order chi connectivity index (χ0) is 11.2. The van der Waals surface area contributed by atoms with Gasteiger partial charge in [0, 0.05) is 19.8 Å². The van der Waals surface area contributed by atoms with Crippen LogP contribution in [0, 0.1) is 5.92 Å². The van der Waals surface area contributed by atoms with E-state index in [1.807, 2.05) is 18.2 Å². The summed E-state index contributed by atoms with van der Waals surface area (Å²) in [5.74, 6) is 0.765. The number of nitrogens with one attached hydrogen (secondary N) is 1. The van der Waals surface area contributed by atoms with Crippen LogP contribution in [0.15, 0.2) is 22.8 Å². The number of rotatable bonds is 4. The van der Waals surface area contributed by atoms with Crippen LogP contribution in [0.1, 0.15) is 18.5 Å². The highest BCUT2D eigenvalue weighted by molar-refractivity contribution is 9.10. The lowest BCUT2D eigenvalue weighted by molar-refractivity contribution is 0.0662. The molecule has 0 spiro atoms. The fraction of sp³-hybridized carbons (Fsp3) is 0.583. The Kier molecular flexibility index (Phi) is 4.75. The highest BCUT2D eigenvalue weighted by Gasteiger charge is 2.12. The molecule has 0 amide bonds. The molecule has 1 saturated heterocycles.